The van der Waals surface area contributed by atoms with Crippen molar-refractivity contribution in [2.75, 3.05) is 27.3 Å². The number of methoxy groups -OCH3 is 2. The Morgan fingerprint density at radius 2 is 2.00 bits per heavy atom. The van der Waals surface area contributed by atoms with Gasteiger partial charge in [-0.2, -0.15) is 0 Å². The highest BCUT2D eigenvalue weighted by atomic mass is 16.5. The maximum atomic E-state index is 12.6. The summed E-state index contributed by atoms with van der Waals surface area (Å²) in [6.07, 6.45) is 3.78. The van der Waals surface area contributed by atoms with Crippen molar-refractivity contribution in [2.45, 2.75) is 37.8 Å². The zero-order chi connectivity index (χ0) is 23.9. The Morgan fingerprint density at radius 3 is 2.71 bits per heavy atom. The molecule has 0 bridgehead atoms. The van der Waals surface area contributed by atoms with Crippen LogP contribution in [0, 0.1) is 11.8 Å². The van der Waals surface area contributed by atoms with Crippen LogP contribution in [0.3, 0.4) is 0 Å². The molecule has 1 N–H and O–H groups in total. The summed E-state index contributed by atoms with van der Waals surface area (Å²) in [5.74, 6) is -0.0824. The minimum absolute atomic E-state index is 0.0268. The minimum atomic E-state index is -1.11. The fraction of sp³-hybridized carbons (Fsp3) is 0.429. The van der Waals surface area contributed by atoms with Crippen LogP contribution in [0.2, 0.25) is 0 Å². The van der Waals surface area contributed by atoms with Crippen molar-refractivity contribution < 1.29 is 19.4 Å². The van der Waals surface area contributed by atoms with Crippen molar-refractivity contribution in [1.82, 2.24) is 4.90 Å². The van der Waals surface area contributed by atoms with E-state index in [1.165, 1.54) is 13.4 Å². The van der Waals surface area contributed by atoms with Gasteiger partial charge in [-0.25, -0.2) is 4.79 Å². The maximum absolute atomic E-state index is 12.6. The standard InChI is InChI=1S/C28H32N2O4/c1-4-18-16-30-14-13-28(32)25-20(19-9-6-5-7-10-19)11-8-12-23(25)29-26(28)24(30)15-21(18)22(17-33-2)27(31)34-3/h5-12,17-18,21,24,32H,4,13-16H2,1-3H3/b22-17+/t18-,21+,24+,28+/m1/s1. The number of piperidine rings is 2. The molecular weight excluding hydrogens is 428 g/mol. The second kappa shape index (κ2) is 9.01. The van der Waals surface area contributed by atoms with E-state index in [-0.39, 0.29) is 17.9 Å². The summed E-state index contributed by atoms with van der Waals surface area (Å²) < 4.78 is 10.4. The Bertz CT molecular complexity index is 1140. The van der Waals surface area contributed by atoms with Crippen LogP contribution in [0.4, 0.5) is 5.69 Å². The van der Waals surface area contributed by atoms with Crippen molar-refractivity contribution in [3.8, 4) is 11.1 Å². The first kappa shape index (κ1) is 22.8. The molecular formula is C28H32N2O4. The predicted octanol–water partition coefficient (Wildman–Crippen LogP) is 4.45. The highest BCUT2D eigenvalue weighted by Gasteiger charge is 2.54. The van der Waals surface area contributed by atoms with Gasteiger partial charge in [0.25, 0.3) is 0 Å². The summed E-state index contributed by atoms with van der Waals surface area (Å²) in [6.45, 7) is 3.80. The molecule has 0 unspecified atom stereocenters. The lowest BCUT2D eigenvalue weighted by Gasteiger charge is -2.50. The molecule has 6 heteroatoms. The molecule has 0 spiro atoms. The van der Waals surface area contributed by atoms with Gasteiger partial charge in [0, 0.05) is 18.7 Å². The van der Waals surface area contributed by atoms with Gasteiger partial charge < -0.3 is 14.6 Å². The summed E-state index contributed by atoms with van der Waals surface area (Å²) in [5, 5.41) is 12.2. The SMILES string of the molecule is CC[C@@H]1CN2CC[C@@]3(O)C(=Nc4cccc(-c5ccccc5)c43)[C@@H]2C[C@@H]1/C(=C\OC)C(=O)OC. The molecule has 3 aliphatic heterocycles. The number of rotatable bonds is 5. The van der Waals surface area contributed by atoms with Gasteiger partial charge >= 0.3 is 5.97 Å². The summed E-state index contributed by atoms with van der Waals surface area (Å²) >= 11 is 0. The van der Waals surface area contributed by atoms with Crippen LogP contribution in [-0.4, -0.2) is 55.0 Å². The minimum Gasteiger partial charge on any atom is -0.504 e. The van der Waals surface area contributed by atoms with Gasteiger partial charge in [0.1, 0.15) is 5.60 Å². The molecule has 0 radical (unpaired) electrons. The van der Waals surface area contributed by atoms with Crippen LogP contribution < -0.4 is 0 Å². The highest BCUT2D eigenvalue weighted by Crippen LogP contribution is 2.51. The molecule has 2 fully saturated rings. The monoisotopic (exact) mass is 460 g/mol. The molecule has 178 valence electrons. The quantitative estimate of drug-likeness (QED) is 0.406. The average Bonchev–Trinajstić information content (AvgIpc) is 3.19. The van der Waals surface area contributed by atoms with Crippen molar-refractivity contribution in [2.24, 2.45) is 16.8 Å². The Morgan fingerprint density at radius 1 is 1.21 bits per heavy atom. The van der Waals surface area contributed by atoms with Gasteiger partial charge in [-0.05, 0) is 41.9 Å². The molecule has 4 atom stereocenters. The average molecular weight is 461 g/mol. The number of carbonyl (C=O) groups is 1. The largest absolute Gasteiger partial charge is 0.504 e. The van der Waals surface area contributed by atoms with E-state index < -0.39 is 5.60 Å². The van der Waals surface area contributed by atoms with E-state index in [2.05, 4.69) is 30.0 Å². The molecule has 0 saturated carbocycles. The molecule has 6 nitrogen and oxygen atoms in total. The lowest BCUT2D eigenvalue weighted by Crippen LogP contribution is -2.60. The van der Waals surface area contributed by atoms with Crippen LogP contribution in [-0.2, 0) is 19.9 Å². The van der Waals surface area contributed by atoms with Crippen LogP contribution in [0.15, 0.2) is 65.4 Å². The zero-order valence-electron chi connectivity index (χ0n) is 20.0. The molecule has 3 heterocycles. The smallest absolute Gasteiger partial charge is 0.337 e. The van der Waals surface area contributed by atoms with Gasteiger partial charge in [-0.15, -0.1) is 0 Å². The highest BCUT2D eigenvalue weighted by molar-refractivity contribution is 6.06. The first-order chi connectivity index (χ1) is 16.5. The second-order valence-electron chi connectivity index (χ2n) is 9.49. The topological polar surface area (TPSA) is 71.4 Å². The normalized spacial score (nSPS) is 28.4. The molecule has 0 aliphatic carbocycles. The van der Waals surface area contributed by atoms with Gasteiger partial charge in [0.05, 0.1) is 43.5 Å². The third-order valence-electron chi connectivity index (χ3n) is 7.83. The molecule has 0 aromatic heterocycles. The number of ether oxygens (including phenoxy) is 2. The number of hydrogen-bond donors (Lipinski definition) is 1. The van der Waals surface area contributed by atoms with Gasteiger partial charge in [-0.1, -0.05) is 55.8 Å². The van der Waals surface area contributed by atoms with E-state index in [4.69, 9.17) is 14.5 Å². The van der Waals surface area contributed by atoms with Gasteiger partial charge in [0.2, 0.25) is 0 Å². The number of fused-ring (bicyclic) bond motifs is 5. The Labute approximate surface area is 200 Å². The maximum Gasteiger partial charge on any atom is 0.337 e. The Hall–Kier alpha value is -2.96. The van der Waals surface area contributed by atoms with Crippen molar-refractivity contribution >= 4 is 17.4 Å². The van der Waals surface area contributed by atoms with Gasteiger partial charge in [-0.3, -0.25) is 9.89 Å². The van der Waals surface area contributed by atoms with Crippen LogP contribution in [0.5, 0.6) is 0 Å². The van der Waals surface area contributed by atoms with E-state index >= 15 is 0 Å². The number of aliphatic imine (C=N–C) groups is 1. The molecule has 2 saturated heterocycles. The number of esters is 1. The third kappa shape index (κ3) is 3.56. The summed E-state index contributed by atoms with van der Waals surface area (Å²) in [6, 6.07) is 16.2. The van der Waals surface area contributed by atoms with Crippen LogP contribution >= 0.6 is 0 Å². The van der Waals surface area contributed by atoms with E-state index in [0.29, 0.717) is 24.3 Å². The fourth-order valence-corrected chi connectivity index (χ4v) is 6.18. The first-order valence-corrected chi connectivity index (χ1v) is 12.1. The zero-order valence-corrected chi connectivity index (χ0v) is 20.0. The fourth-order valence-electron chi connectivity index (χ4n) is 6.18. The van der Waals surface area contributed by atoms with Crippen molar-refractivity contribution in [1.29, 1.82) is 0 Å². The first-order valence-electron chi connectivity index (χ1n) is 12.1. The van der Waals surface area contributed by atoms with E-state index in [1.807, 2.05) is 30.3 Å². The number of benzene rings is 2. The summed E-state index contributed by atoms with van der Waals surface area (Å²) in [4.78, 5) is 20.1. The van der Waals surface area contributed by atoms with E-state index in [9.17, 15) is 9.90 Å². The molecule has 5 rings (SSSR count). The third-order valence-corrected chi connectivity index (χ3v) is 7.83. The number of nitrogens with zero attached hydrogens (tertiary/aromatic N) is 2. The van der Waals surface area contributed by atoms with Crippen molar-refractivity contribution in [3.63, 3.8) is 0 Å². The summed E-state index contributed by atoms with van der Waals surface area (Å²) in [5.41, 5.74) is 4.12. The Kier molecular flexibility index (Phi) is 6.04. The molecule has 34 heavy (non-hydrogen) atoms. The number of carbonyl (C=O) groups excluding carboxylic acids is 1. The van der Waals surface area contributed by atoms with E-state index in [0.717, 1.165) is 47.6 Å². The van der Waals surface area contributed by atoms with E-state index in [1.54, 1.807) is 7.11 Å². The van der Waals surface area contributed by atoms with Crippen molar-refractivity contribution in [3.05, 3.63) is 65.9 Å². The van der Waals surface area contributed by atoms with Crippen LogP contribution in [0.1, 0.15) is 31.7 Å². The number of hydrogen-bond acceptors (Lipinski definition) is 6. The van der Waals surface area contributed by atoms with Crippen LogP contribution in [0.25, 0.3) is 11.1 Å². The molecule has 0 amide bonds. The summed E-state index contributed by atoms with van der Waals surface area (Å²) in [7, 11) is 2.96. The molecule has 3 aliphatic rings. The second-order valence-corrected chi connectivity index (χ2v) is 9.49. The Balaban J connectivity index is 1.54. The number of aliphatic hydroxyl groups is 1. The van der Waals surface area contributed by atoms with Gasteiger partial charge in [0.15, 0.2) is 0 Å². The molecule has 2 aromatic carbocycles. The lowest BCUT2D eigenvalue weighted by atomic mass is 9.69. The molecule has 2 aromatic rings. The lowest BCUT2D eigenvalue weighted by molar-refractivity contribution is -0.137. The predicted molar refractivity (Wildman–Crippen MR) is 132 cm³/mol.